The monoisotopic (exact) mass is 365 g/mol. The van der Waals surface area contributed by atoms with Crippen molar-refractivity contribution in [1.82, 2.24) is 14.8 Å². The molecule has 8 heteroatoms. The van der Waals surface area contributed by atoms with Crippen LogP contribution in [0.1, 0.15) is 34.8 Å². The Morgan fingerprint density at radius 1 is 1.32 bits per heavy atom. The van der Waals surface area contributed by atoms with Crippen LogP contribution < -0.4 is 0 Å². The molecular weight excluding hydrogens is 342 g/mol. The highest BCUT2D eigenvalue weighted by molar-refractivity contribution is 7.11. The number of nitrogens with zero attached hydrogens (tertiary/aromatic N) is 3. The number of carbonyl (C=O) groups excluding carboxylic acids is 2. The molecule has 1 atom stereocenters. The Kier molecular flexibility index (Phi) is 4.57. The quantitative estimate of drug-likeness (QED) is 0.870. The molecule has 136 valence electrons. The fourth-order valence-electron chi connectivity index (χ4n) is 4.11. The average molecular weight is 365 g/mol. The van der Waals surface area contributed by atoms with Crippen LogP contribution in [0.2, 0.25) is 0 Å². The first-order valence-corrected chi connectivity index (χ1v) is 9.26. The summed E-state index contributed by atoms with van der Waals surface area (Å²) in [6.45, 7) is 4.80. The summed E-state index contributed by atoms with van der Waals surface area (Å²) in [5, 5.41) is 10.5. The summed E-state index contributed by atoms with van der Waals surface area (Å²) in [5.74, 6) is -1.69. The van der Waals surface area contributed by atoms with E-state index in [4.69, 9.17) is 0 Å². The van der Waals surface area contributed by atoms with Crippen LogP contribution in [0.5, 0.6) is 0 Å². The van der Waals surface area contributed by atoms with Crippen molar-refractivity contribution in [2.24, 2.45) is 5.92 Å². The van der Waals surface area contributed by atoms with Gasteiger partial charge in [-0.3, -0.25) is 14.4 Å². The molecule has 25 heavy (non-hydrogen) atoms. The zero-order chi connectivity index (χ0) is 18.4. The lowest BCUT2D eigenvalue weighted by molar-refractivity contribution is -0.146. The fourth-order valence-corrected chi connectivity index (χ4v) is 5.04. The summed E-state index contributed by atoms with van der Waals surface area (Å²) in [6.07, 6.45) is 1.41. The van der Waals surface area contributed by atoms with Gasteiger partial charge in [-0.05, 0) is 26.7 Å². The third-order valence-electron chi connectivity index (χ3n) is 5.66. The third kappa shape index (κ3) is 3.03. The fraction of sp³-hybridized carbons (Fsp3) is 0.647. The van der Waals surface area contributed by atoms with Gasteiger partial charge in [0.05, 0.1) is 28.6 Å². The summed E-state index contributed by atoms with van der Waals surface area (Å²) >= 11 is 1.54. The molecule has 0 saturated carbocycles. The van der Waals surface area contributed by atoms with Gasteiger partial charge in [0.1, 0.15) is 0 Å². The Labute approximate surface area is 150 Å². The molecule has 7 nitrogen and oxygen atoms in total. The van der Waals surface area contributed by atoms with Gasteiger partial charge >= 0.3 is 5.97 Å². The summed E-state index contributed by atoms with van der Waals surface area (Å²) in [4.78, 5) is 45.0. The number of hydrogen-bond donors (Lipinski definition) is 1. The number of aryl methyl sites for hydroxylation is 2. The van der Waals surface area contributed by atoms with Gasteiger partial charge < -0.3 is 14.9 Å². The van der Waals surface area contributed by atoms with Crippen LogP contribution in [0.15, 0.2) is 0 Å². The second-order valence-corrected chi connectivity index (χ2v) is 8.24. The van der Waals surface area contributed by atoms with Crippen molar-refractivity contribution in [2.45, 2.75) is 45.1 Å². The van der Waals surface area contributed by atoms with Gasteiger partial charge in [-0.25, -0.2) is 4.98 Å². The van der Waals surface area contributed by atoms with Crippen molar-refractivity contribution < 1.29 is 19.5 Å². The van der Waals surface area contributed by atoms with Crippen molar-refractivity contribution in [1.29, 1.82) is 0 Å². The molecule has 2 amide bonds. The Balaban J connectivity index is 1.68. The van der Waals surface area contributed by atoms with E-state index in [1.807, 2.05) is 13.8 Å². The van der Waals surface area contributed by atoms with Crippen molar-refractivity contribution in [2.75, 3.05) is 20.1 Å². The second kappa shape index (κ2) is 6.40. The Morgan fingerprint density at radius 2 is 1.96 bits per heavy atom. The number of aliphatic carboxylic acids is 1. The molecule has 3 heterocycles. The molecule has 2 aliphatic rings. The van der Waals surface area contributed by atoms with Gasteiger partial charge in [0.2, 0.25) is 11.8 Å². The second-order valence-electron chi connectivity index (χ2n) is 6.95. The van der Waals surface area contributed by atoms with Crippen molar-refractivity contribution in [3.05, 3.63) is 15.6 Å². The smallest absolute Gasteiger partial charge is 0.309 e. The van der Waals surface area contributed by atoms with Crippen molar-refractivity contribution >= 4 is 29.1 Å². The summed E-state index contributed by atoms with van der Waals surface area (Å²) in [7, 11) is 1.69. The molecule has 0 bridgehead atoms. The van der Waals surface area contributed by atoms with Crippen LogP contribution in [-0.4, -0.2) is 63.4 Å². The number of carbonyl (C=O) groups is 3. The first-order valence-electron chi connectivity index (χ1n) is 8.45. The Hall–Kier alpha value is -1.96. The number of carboxylic acid groups (broad SMARTS) is 1. The normalized spacial score (nSPS) is 22.7. The van der Waals surface area contributed by atoms with Gasteiger partial charge in [-0.1, -0.05) is 0 Å². The van der Waals surface area contributed by atoms with Gasteiger partial charge in [0.25, 0.3) is 0 Å². The topological polar surface area (TPSA) is 90.8 Å². The van der Waals surface area contributed by atoms with Crippen LogP contribution in [0, 0.1) is 19.8 Å². The number of amides is 2. The van der Waals surface area contributed by atoms with Gasteiger partial charge in [0, 0.05) is 31.4 Å². The molecule has 1 spiro atoms. The summed E-state index contributed by atoms with van der Waals surface area (Å²) in [5.41, 5.74) is 0.243. The van der Waals surface area contributed by atoms with E-state index in [0.717, 1.165) is 15.6 Å². The first kappa shape index (κ1) is 17.8. The first-order chi connectivity index (χ1) is 11.7. The van der Waals surface area contributed by atoms with Gasteiger partial charge in [-0.2, -0.15) is 0 Å². The van der Waals surface area contributed by atoms with E-state index in [2.05, 4.69) is 4.98 Å². The van der Waals surface area contributed by atoms with E-state index in [9.17, 15) is 19.5 Å². The lowest BCUT2D eigenvalue weighted by Crippen LogP contribution is -2.57. The number of hydrogen-bond acceptors (Lipinski definition) is 5. The minimum absolute atomic E-state index is 0.0421. The maximum atomic E-state index is 12.6. The van der Waals surface area contributed by atoms with Crippen LogP contribution in [0.25, 0.3) is 0 Å². The predicted molar refractivity (Wildman–Crippen MR) is 92.3 cm³/mol. The Bertz CT molecular complexity index is 721. The molecule has 2 aliphatic heterocycles. The number of carboxylic acids is 1. The molecule has 1 N–H and O–H groups in total. The van der Waals surface area contributed by atoms with Crippen LogP contribution in [0.3, 0.4) is 0 Å². The maximum absolute atomic E-state index is 12.6. The third-order valence-corrected chi connectivity index (χ3v) is 6.73. The summed E-state index contributed by atoms with van der Waals surface area (Å²) in [6, 6.07) is 0. The standard InChI is InChI=1S/C17H23N3O4S/c1-10-13(25-11(2)18-10)9-15(22)20-6-4-17(5-7-20)12(16(23)24)8-14(21)19(17)3/h12H,4-9H2,1-3H3,(H,23,24)/t12-/m1/s1. The number of aromatic nitrogens is 1. The lowest BCUT2D eigenvalue weighted by atomic mass is 9.77. The summed E-state index contributed by atoms with van der Waals surface area (Å²) < 4.78 is 0. The zero-order valence-corrected chi connectivity index (χ0v) is 15.6. The number of rotatable bonds is 3. The Morgan fingerprint density at radius 3 is 2.48 bits per heavy atom. The largest absolute Gasteiger partial charge is 0.481 e. The molecule has 0 radical (unpaired) electrons. The molecule has 0 aliphatic carbocycles. The molecule has 2 saturated heterocycles. The molecule has 0 unspecified atom stereocenters. The molecule has 3 rings (SSSR count). The SMILES string of the molecule is Cc1nc(C)c(CC(=O)N2CCC3(CC2)[C@@H](C(=O)O)CC(=O)N3C)s1. The van der Waals surface area contributed by atoms with E-state index < -0.39 is 17.4 Å². The molecule has 2 fully saturated rings. The van der Waals surface area contributed by atoms with E-state index in [0.29, 0.717) is 32.4 Å². The number of thiazole rings is 1. The zero-order valence-electron chi connectivity index (χ0n) is 14.7. The highest BCUT2D eigenvalue weighted by atomic mass is 32.1. The molecular formula is C17H23N3O4S. The highest BCUT2D eigenvalue weighted by Gasteiger charge is 2.55. The minimum atomic E-state index is -0.923. The van der Waals surface area contributed by atoms with Gasteiger partial charge in [-0.15, -0.1) is 11.3 Å². The lowest BCUT2D eigenvalue weighted by Gasteiger charge is -2.45. The molecule has 1 aromatic rings. The van der Waals surface area contributed by atoms with E-state index >= 15 is 0 Å². The van der Waals surface area contributed by atoms with Crippen LogP contribution in [0.4, 0.5) is 0 Å². The molecule has 0 aromatic carbocycles. The molecule has 1 aromatic heterocycles. The van der Waals surface area contributed by atoms with Crippen molar-refractivity contribution in [3.8, 4) is 0 Å². The average Bonchev–Trinajstić information content (AvgIpc) is 2.99. The van der Waals surface area contributed by atoms with E-state index in [1.165, 1.54) is 0 Å². The maximum Gasteiger partial charge on any atom is 0.309 e. The van der Waals surface area contributed by atoms with Crippen molar-refractivity contribution in [3.63, 3.8) is 0 Å². The van der Waals surface area contributed by atoms with E-state index in [-0.39, 0.29) is 18.2 Å². The van der Waals surface area contributed by atoms with Crippen LogP contribution >= 0.6 is 11.3 Å². The number of piperidine rings is 1. The van der Waals surface area contributed by atoms with Crippen LogP contribution in [-0.2, 0) is 20.8 Å². The van der Waals surface area contributed by atoms with E-state index in [1.54, 1.807) is 28.2 Å². The highest BCUT2D eigenvalue weighted by Crippen LogP contribution is 2.42. The number of likely N-dealkylation sites (tertiary alicyclic amines) is 2. The predicted octanol–water partition coefficient (Wildman–Crippen LogP) is 1.23. The minimum Gasteiger partial charge on any atom is -0.481 e. The van der Waals surface area contributed by atoms with Gasteiger partial charge in [0.15, 0.2) is 0 Å².